The third-order valence-corrected chi connectivity index (χ3v) is 7.95. The highest BCUT2D eigenvalue weighted by molar-refractivity contribution is 5.94. The summed E-state index contributed by atoms with van der Waals surface area (Å²) in [4.78, 5) is 16.0. The highest BCUT2D eigenvalue weighted by Crippen LogP contribution is 2.53. The number of aromatic amines is 1. The molecule has 1 aliphatic carbocycles. The number of aromatic nitrogens is 2. The van der Waals surface area contributed by atoms with Gasteiger partial charge in [-0.2, -0.15) is 5.10 Å². The van der Waals surface area contributed by atoms with E-state index in [1.54, 1.807) is 0 Å². The van der Waals surface area contributed by atoms with E-state index in [1.165, 1.54) is 18.4 Å². The summed E-state index contributed by atoms with van der Waals surface area (Å²) in [6, 6.07) is 12.0. The van der Waals surface area contributed by atoms with E-state index in [1.807, 2.05) is 6.92 Å². The predicted octanol–water partition coefficient (Wildman–Crippen LogP) is 3.64. The van der Waals surface area contributed by atoms with Crippen LogP contribution in [0.2, 0.25) is 0 Å². The number of aryl methyl sites for hydroxylation is 1. The van der Waals surface area contributed by atoms with Crippen LogP contribution in [0, 0.1) is 12.3 Å². The molecule has 1 aromatic heterocycles. The number of H-pyrrole nitrogens is 1. The SMILES string of the molecule is CCc1[nH]nc(C(=O)N2[C@H]3CCC[C@H]4N[C@H](Cc5ccccc5)[C@@H]2C[C@@]34C)c1C. The second kappa shape index (κ2) is 6.98. The summed E-state index contributed by atoms with van der Waals surface area (Å²) in [5, 5.41) is 11.5. The summed E-state index contributed by atoms with van der Waals surface area (Å²) in [6.07, 6.45) is 6.45. The molecule has 2 N–H and O–H groups in total. The Morgan fingerprint density at radius 2 is 2.07 bits per heavy atom. The molecular weight excluding hydrogens is 360 g/mol. The smallest absolute Gasteiger partial charge is 0.275 e. The molecule has 5 nitrogen and oxygen atoms in total. The van der Waals surface area contributed by atoms with Crippen molar-refractivity contribution in [3.63, 3.8) is 0 Å². The van der Waals surface area contributed by atoms with Gasteiger partial charge in [0.1, 0.15) is 0 Å². The highest BCUT2D eigenvalue weighted by Gasteiger charge is 2.61. The van der Waals surface area contributed by atoms with Gasteiger partial charge in [-0.05, 0) is 51.0 Å². The van der Waals surface area contributed by atoms with Crippen LogP contribution in [0.4, 0.5) is 0 Å². The number of piperidine rings is 1. The van der Waals surface area contributed by atoms with E-state index in [4.69, 9.17) is 0 Å². The quantitative estimate of drug-likeness (QED) is 0.835. The minimum atomic E-state index is 0.125. The lowest BCUT2D eigenvalue weighted by atomic mass is 9.65. The average molecular weight is 393 g/mol. The van der Waals surface area contributed by atoms with E-state index >= 15 is 0 Å². The second-order valence-corrected chi connectivity index (χ2v) is 9.48. The summed E-state index contributed by atoms with van der Waals surface area (Å²) >= 11 is 0. The topological polar surface area (TPSA) is 61.0 Å². The Kier molecular flexibility index (Phi) is 4.54. The number of nitrogens with one attached hydrogen (secondary N) is 2. The third kappa shape index (κ3) is 2.85. The maximum absolute atomic E-state index is 13.8. The van der Waals surface area contributed by atoms with E-state index in [-0.39, 0.29) is 17.4 Å². The minimum absolute atomic E-state index is 0.125. The van der Waals surface area contributed by atoms with Gasteiger partial charge in [-0.15, -0.1) is 0 Å². The summed E-state index contributed by atoms with van der Waals surface area (Å²) in [6.45, 7) is 6.54. The molecule has 1 saturated carbocycles. The van der Waals surface area contributed by atoms with Gasteiger partial charge in [-0.3, -0.25) is 9.89 Å². The largest absolute Gasteiger partial charge is 0.329 e. The van der Waals surface area contributed by atoms with E-state index in [0.29, 0.717) is 23.8 Å². The summed E-state index contributed by atoms with van der Waals surface area (Å²) < 4.78 is 0. The van der Waals surface area contributed by atoms with Gasteiger partial charge in [0.25, 0.3) is 5.91 Å². The maximum Gasteiger partial charge on any atom is 0.275 e. The van der Waals surface area contributed by atoms with Crippen LogP contribution in [-0.2, 0) is 12.8 Å². The van der Waals surface area contributed by atoms with Crippen LogP contribution in [0.25, 0.3) is 0 Å². The zero-order chi connectivity index (χ0) is 20.2. The first kappa shape index (κ1) is 18.9. The predicted molar refractivity (Wildman–Crippen MR) is 114 cm³/mol. The highest BCUT2D eigenvalue weighted by atomic mass is 16.2. The molecule has 3 heterocycles. The molecule has 5 heteroatoms. The fraction of sp³-hybridized carbons (Fsp3) is 0.583. The van der Waals surface area contributed by atoms with E-state index in [9.17, 15) is 4.79 Å². The van der Waals surface area contributed by atoms with Crippen molar-refractivity contribution in [2.45, 2.75) is 83.5 Å². The van der Waals surface area contributed by atoms with Crippen LogP contribution in [0.3, 0.4) is 0 Å². The minimum Gasteiger partial charge on any atom is -0.329 e. The molecule has 2 aliphatic heterocycles. The number of benzene rings is 1. The maximum atomic E-state index is 13.8. The monoisotopic (exact) mass is 392 g/mol. The molecule has 0 radical (unpaired) electrons. The number of carbonyl (C=O) groups is 1. The van der Waals surface area contributed by atoms with Crippen LogP contribution in [-0.4, -0.2) is 45.2 Å². The van der Waals surface area contributed by atoms with Gasteiger partial charge < -0.3 is 10.2 Å². The van der Waals surface area contributed by atoms with Gasteiger partial charge in [0.15, 0.2) is 5.69 Å². The first-order chi connectivity index (χ1) is 14.0. The Hall–Kier alpha value is -2.14. The molecule has 154 valence electrons. The fourth-order valence-electron chi connectivity index (χ4n) is 6.37. The van der Waals surface area contributed by atoms with Gasteiger partial charge in [-0.1, -0.05) is 44.2 Å². The zero-order valence-electron chi connectivity index (χ0n) is 17.7. The number of hydrogen-bond donors (Lipinski definition) is 2. The third-order valence-electron chi connectivity index (χ3n) is 7.95. The van der Waals surface area contributed by atoms with Crippen molar-refractivity contribution < 1.29 is 4.79 Å². The molecular formula is C24H32N4O. The molecule has 5 rings (SSSR count). The number of carbonyl (C=O) groups excluding carboxylic acids is 1. The number of hydrogen-bond acceptors (Lipinski definition) is 3. The molecule has 3 aliphatic rings. The molecule has 3 fully saturated rings. The van der Waals surface area contributed by atoms with Crippen LogP contribution in [0.5, 0.6) is 0 Å². The fourth-order valence-corrected chi connectivity index (χ4v) is 6.37. The van der Waals surface area contributed by atoms with Crippen molar-refractivity contribution in [3.8, 4) is 0 Å². The summed E-state index contributed by atoms with van der Waals surface area (Å²) in [7, 11) is 0. The van der Waals surface area contributed by atoms with Crippen LogP contribution in [0.1, 0.15) is 66.8 Å². The Bertz CT molecular complexity index is 907. The lowest BCUT2D eigenvalue weighted by Gasteiger charge is -2.46. The summed E-state index contributed by atoms with van der Waals surface area (Å²) in [5.41, 5.74) is 4.22. The molecule has 2 aromatic rings. The van der Waals surface area contributed by atoms with Crippen molar-refractivity contribution in [1.82, 2.24) is 20.4 Å². The van der Waals surface area contributed by atoms with Crippen LogP contribution >= 0.6 is 0 Å². The Balaban J connectivity index is 1.51. The first-order valence-corrected chi connectivity index (χ1v) is 11.2. The second-order valence-electron chi connectivity index (χ2n) is 9.48. The van der Waals surface area contributed by atoms with Crippen molar-refractivity contribution >= 4 is 5.91 Å². The molecule has 0 unspecified atom stereocenters. The van der Waals surface area contributed by atoms with Crippen molar-refractivity contribution in [1.29, 1.82) is 0 Å². The zero-order valence-corrected chi connectivity index (χ0v) is 17.7. The molecule has 1 amide bonds. The van der Waals surface area contributed by atoms with Crippen molar-refractivity contribution in [2.75, 3.05) is 0 Å². The first-order valence-electron chi connectivity index (χ1n) is 11.2. The molecule has 0 spiro atoms. The van der Waals surface area contributed by atoms with E-state index < -0.39 is 0 Å². The molecule has 5 atom stereocenters. The molecule has 2 bridgehead atoms. The lowest BCUT2D eigenvalue weighted by molar-refractivity contribution is 0.0552. The van der Waals surface area contributed by atoms with Gasteiger partial charge in [0.05, 0.1) is 0 Å². The number of amides is 1. The number of likely N-dealkylation sites (tertiary alicyclic amines) is 1. The van der Waals surface area contributed by atoms with Crippen molar-refractivity contribution in [2.24, 2.45) is 5.41 Å². The number of nitrogens with zero attached hydrogens (tertiary/aromatic N) is 2. The average Bonchev–Trinajstić information content (AvgIpc) is 3.25. The van der Waals surface area contributed by atoms with Gasteiger partial charge >= 0.3 is 0 Å². The number of rotatable bonds is 4. The Morgan fingerprint density at radius 1 is 1.28 bits per heavy atom. The van der Waals surface area contributed by atoms with Gasteiger partial charge in [0, 0.05) is 40.8 Å². The van der Waals surface area contributed by atoms with Crippen LogP contribution in [0.15, 0.2) is 30.3 Å². The number of fused-ring (bicyclic) bond motifs is 1. The molecule has 29 heavy (non-hydrogen) atoms. The van der Waals surface area contributed by atoms with Crippen molar-refractivity contribution in [3.05, 3.63) is 52.8 Å². The normalized spacial score (nSPS) is 33.1. The van der Waals surface area contributed by atoms with E-state index in [2.05, 4.69) is 64.6 Å². The Labute approximate surface area is 173 Å². The lowest BCUT2D eigenvalue weighted by Crippen LogP contribution is -2.58. The van der Waals surface area contributed by atoms with Gasteiger partial charge in [-0.25, -0.2) is 0 Å². The van der Waals surface area contributed by atoms with Crippen LogP contribution < -0.4 is 5.32 Å². The van der Waals surface area contributed by atoms with E-state index in [0.717, 1.165) is 36.9 Å². The summed E-state index contributed by atoms with van der Waals surface area (Å²) in [5.74, 6) is 0.125. The standard InChI is InChI=1S/C24H32N4O/c1-4-17-15(2)22(27-26-17)23(29)28-19-14-24(3)20(11-8-12-21(24)28)25-18(19)13-16-9-6-5-7-10-16/h5-7,9-10,18-21,25H,4,8,11-14H2,1-3H3,(H,26,27)/t18-,19+,20-,21+,24-/m1/s1. The molecule has 2 saturated heterocycles. The Morgan fingerprint density at radius 3 is 2.79 bits per heavy atom. The molecule has 1 aromatic carbocycles. The van der Waals surface area contributed by atoms with Gasteiger partial charge in [0.2, 0.25) is 0 Å².